The number of hydrogen-bond acceptors (Lipinski definition) is 4. The number of carboxylic acids is 1. The zero-order chi connectivity index (χ0) is 12.6. The van der Waals surface area contributed by atoms with Crippen LogP contribution >= 0.6 is 11.6 Å². The van der Waals surface area contributed by atoms with E-state index in [-0.39, 0.29) is 30.7 Å². The minimum absolute atomic E-state index is 0.107. The van der Waals surface area contributed by atoms with Gasteiger partial charge in [-0.1, -0.05) is 17.7 Å². The molecule has 2 aliphatic rings. The van der Waals surface area contributed by atoms with E-state index >= 15 is 0 Å². The summed E-state index contributed by atoms with van der Waals surface area (Å²) in [7, 11) is 0. The Kier molecular flexibility index (Phi) is 3.19. The Morgan fingerprint density at radius 3 is 2.71 bits per heavy atom. The van der Waals surface area contributed by atoms with Crippen LogP contribution in [0.2, 0.25) is 0 Å². The first-order valence-corrected chi connectivity index (χ1v) is 5.78. The van der Waals surface area contributed by atoms with Crippen molar-refractivity contribution in [2.45, 2.75) is 19.3 Å². The second-order valence-corrected chi connectivity index (χ2v) is 4.74. The smallest absolute Gasteiger partial charge is 0.233 e. The van der Waals surface area contributed by atoms with Crippen LogP contribution in [0.25, 0.3) is 0 Å². The molecular formula is C11H11ClNO4-. The predicted molar refractivity (Wildman–Crippen MR) is 56.5 cm³/mol. The molecule has 0 radical (unpaired) electrons. The molecule has 0 N–H and O–H groups in total. The van der Waals surface area contributed by atoms with Gasteiger partial charge in [-0.3, -0.25) is 14.5 Å². The van der Waals surface area contributed by atoms with E-state index in [9.17, 15) is 19.5 Å². The molecule has 1 aliphatic heterocycles. The molecule has 0 saturated carbocycles. The summed E-state index contributed by atoms with van der Waals surface area (Å²) in [6, 6.07) is 0. The van der Waals surface area contributed by atoms with Crippen LogP contribution in [0.5, 0.6) is 0 Å². The number of allylic oxidation sites excluding steroid dienone is 2. The van der Waals surface area contributed by atoms with Crippen molar-refractivity contribution in [1.29, 1.82) is 0 Å². The summed E-state index contributed by atoms with van der Waals surface area (Å²) in [5.41, 5.74) is 0. The van der Waals surface area contributed by atoms with E-state index < -0.39 is 11.9 Å². The molecule has 92 valence electrons. The number of carbonyl (C=O) groups excluding carboxylic acids is 3. The molecule has 1 saturated heterocycles. The fraction of sp³-hybridized carbons (Fsp3) is 0.545. The van der Waals surface area contributed by atoms with Crippen molar-refractivity contribution in [2.24, 2.45) is 11.8 Å². The summed E-state index contributed by atoms with van der Waals surface area (Å²) in [5, 5.41) is 10.9. The first-order valence-electron chi connectivity index (χ1n) is 5.40. The number of halogens is 1. The van der Waals surface area contributed by atoms with Gasteiger partial charge in [-0.05, 0) is 12.8 Å². The van der Waals surface area contributed by atoms with Crippen LogP contribution in [-0.2, 0) is 14.4 Å². The number of fused-ring (bicyclic) bond motifs is 1. The molecule has 0 bridgehead atoms. The maximum Gasteiger partial charge on any atom is 0.233 e. The second-order valence-electron chi connectivity index (χ2n) is 4.25. The molecule has 0 aromatic heterocycles. The molecule has 1 aliphatic carbocycles. The zero-order valence-electron chi connectivity index (χ0n) is 9.02. The van der Waals surface area contributed by atoms with Crippen molar-refractivity contribution in [1.82, 2.24) is 4.90 Å². The van der Waals surface area contributed by atoms with Crippen molar-refractivity contribution in [2.75, 3.05) is 6.54 Å². The van der Waals surface area contributed by atoms with Crippen molar-refractivity contribution in [3.8, 4) is 0 Å². The second kappa shape index (κ2) is 4.49. The lowest BCUT2D eigenvalue weighted by Gasteiger charge is -2.17. The Morgan fingerprint density at radius 2 is 2.06 bits per heavy atom. The lowest BCUT2D eigenvalue weighted by atomic mass is 9.85. The largest absolute Gasteiger partial charge is 0.550 e. The monoisotopic (exact) mass is 256 g/mol. The Morgan fingerprint density at radius 1 is 1.41 bits per heavy atom. The molecular weight excluding hydrogens is 246 g/mol. The van der Waals surface area contributed by atoms with E-state index in [1.165, 1.54) is 0 Å². The Hall–Kier alpha value is -1.36. The summed E-state index contributed by atoms with van der Waals surface area (Å²) in [4.78, 5) is 35.2. The third-order valence-electron chi connectivity index (χ3n) is 3.20. The van der Waals surface area contributed by atoms with Crippen molar-refractivity contribution in [3.63, 3.8) is 0 Å². The molecule has 0 unspecified atom stereocenters. The number of carboxylic acid groups (broad SMARTS) is 1. The summed E-state index contributed by atoms with van der Waals surface area (Å²) < 4.78 is 0. The van der Waals surface area contributed by atoms with Gasteiger partial charge < -0.3 is 9.90 Å². The number of likely N-dealkylation sites (tertiary alicyclic amines) is 1. The fourth-order valence-electron chi connectivity index (χ4n) is 2.32. The molecule has 6 heteroatoms. The average molecular weight is 257 g/mol. The van der Waals surface area contributed by atoms with E-state index in [1.54, 1.807) is 6.08 Å². The quantitative estimate of drug-likeness (QED) is 0.647. The van der Waals surface area contributed by atoms with Crippen LogP contribution in [0.3, 0.4) is 0 Å². The van der Waals surface area contributed by atoms with Gasteiger partial charge >= 0.3 is 0 Å². The summed E-state index contributed by atoms with van der Waals surface area (Å²) >= 11 is 5.85. The van der Waals surface area contributed by atoms with Crippen LogP contribution in [0.1, 0.15) is 19.3 Å². The summed E-state index contributed by atoms with van der Waals surface area (Å²) in [5.74, 6) is -2.65. The molecule has 2 amide bonds. The maximum atomic E-state index is 11.9. The topological polar surface area (TPSA) is 77.5 Å². The number of hydrogen-bond donors (Lipinski definition) is 0. The van der Waals surface area contributed by atoms with Crippen LogP contribution in [0.15, 0.2) is 11.1 Å². The van der Waals surface area contributed by atoms with Crippen molar-refractivity contribution in [3.05, 3.63) is 11.1 Å². The van der Waals surface area contributed by atoms with E-state index in [0.29, 0.717) is 17.9 Å². The van der Waals surface area contributed by atoms with E-state index in [1.807, 2.05) is 0 Å². The number of aliphatic carboxylic acids is 1. The highest BCUT2D eigenvalue weighted by atomic mass is 35.5. The van der Waals surface area contributed by atoms with Crippen LogP contribution in [-0.4, -0.2) is 29.2 Å². The molecule has 0 aromatic rings. The number of carbonyl (C=O) groups is 3. The Labute approximate surface area is 103 Å². The van der Waals surface area contributed by atoms with E-state index in [4.69, 9.17) is 11.6 Å². The predicted octanol–water partition coefficient (Wildman–Crippen LogP) is -0.356. The number of amides is 2. The maximum absolute atomic E-state index is 11.9. The molecule has 17 heavy (non-hydrogen) atoms. The normalized spacial score (nSPS) is 28.1. The Balaban J connectivity index is 2.11. The van der Waals surface area contributed by atoms with Gasteiger partial charge in [0, 0.05) is 24.0 Å². The number of imide groups is 1. The average Bonchev–Trinajstić information content (AvgIpc) is 2.49. The minimum atomic E-state index is -1.27. The lowest BCUT2D eigenvalue weighted by molar-refractivity contribution is -0.305. The highest BCUT2D eigenvalue weighted by Gasteiger charge is 2.47. The van der Waals surface area contributed by atoms with Gasteiger partial charge in [0.05, 0.1) is 11.8 Å². The first-order chi connectivity index (χ1) is 8.00. The van der Waals surface area contributed by atoms with Crippen molar-refractivity contribution >= 4 is 29.4 Å². The molecule has 1 fully saturated rings. The van der Waals surface area contributed by atoms with Gasteiger partial charge in [-0.25, -0.2) is 0 Å². The minimum Gasteiger partial charge on any atom is -0.550 e. The van der Waals surface area contributed by atoms with Gasteiger partial charge in [0.15, 0.2) is 0 Å². The molecule has 1 heterocycles. The third-order valence-corrected chi connectivity index (χ3v) is 3.51. The van der Waals surface area contributed by atoms with Gasteiger partial charge in [0.2, 0.25) is 11.8 Å². The van der Waals surface area contributed by atoms with Gasteiger partial charge in [-0.15, -0.1) is 0 Å². The molecule has 2 rings (SSSR count). The van der Waals surface area contributed by atoms with Gasteiger partial charge in [0.1, 0.15) is 0 Å². The molecule has 5 nitrogen and oxygen atoms in total. The first kappa shape index (κ1) is 12.1. The van der Waals surface area contributed by atoms with Gasteiger partial charge in [-0.2, -0.15) is 0 Å². The van der Waals surface area contributed by atoms with E-state index in [2.05, 4.69) is 0 Å². The number of nitrogens with zero attached hydrogens (tertiary/aromatic N) is 1. The molecule has 0 spiro atoms. The Bertz CT molecular complexity index is 418. The summed E-state index contributed by atoms with van der Waals surface area (Å²) in [6.45, 7) is -0.107. The fourth-order valence-corrected chi connectivity index (χ4v) is 2.57. The highest BCUT2D eigenvalue weighted by Crippen LogP contribution is 2.38. The third kappa shape index (κ3) is 2.20. The van der Waals surface area contributed by atoms with Crippen LogP contribution < -0.4 is 5.11 Å². The molecule has 2 atom stereocenters. The van der Waals surface area contributed by atoms with E-state index in [0.717, 1.165) is 4.90 Å². The highest BCUT2D eigenvalue weighted by molar-refractivity contribution is 6.30. The molecule has 0 aromatic carbocycles. The number of rotatable bonds is 3. The zero-order valence-corrected chi connectivity index (χ0v) is 9.77. The van der Waals surface area contributed by atoms with Crippen LogP contribution in [0, 0.1) is 11.8 Å². The standard InChI is InChI=1S/C11H12ClNO4/c12-6-1-2-7-8(5-6)11(17)13(10(7)16)4-3-9(14)15/h1,7-8H,2-5H2,(H,14,15)/p-1/t7-,8+/m0/s1. The van der Waals surface area contributed by atoms with Crippen LogP contribution in [0.4, 0.5) is 0 Å². The SMILES string of the molecule is O=C([O-])CCN1C(=O)[C@H]2CC=C(Cl)C[C@H]2C1=O. The van der Waals surface area contributed by atoms with Gasteiger partial charge in [0.25, 0.3) is 0 Å². The summed E-state index contributed by atoms with van der Waals surface area (Å²) in [6.07, 6.45) is 2.25. The lowest BCUT2D eigenvalue weighted by Crippen LogP contribution is -2.35. The van der Waals surface area contributed by atoms with Crippen molar-refractivity contribution < 1.29 is 19.5 Å².